The summed E-state index contributed by atoms with van der Waals surface area (Å²) in [4.78, 5) is 22.0. The van der Waals surface area contributed by atoms with E-state index < -0.39 is 29.1 Å². The number of hydrogen-bond donors (Lipinski definition) is 1. The summed E-state index contributed by atoms with van der Waals surface area (Å²) in [5.41, 5.74) is -2.32. The summed E-state index contributed by atoms with van der Waals surface area (Å²) in [6.45, 7) is 0.385. The molecule has 0 aromatic heterocycles. The van der Waals surface area contributed by atoms with Gasteiger partial charge < -0.3 is 14.6 Å². The molecule has 1 aromatic rings. The number of rotatable bonds is 2. The van der Waals surface area contributed by atoms with Crippen molar-refractivity contribution in [2.45, 2.75) is 12.6 Å². The number of hydrogen-bond acceptors (Lipinski definition) is 4. The molecule has 8 heteroatoms. The molecule has 0 atom stereocenters. The lowest BCUT2D eigenvalue weighted by Gasteiger charge is -2.15. The summed E-state index contributed by atoms with van der Waals surface area (Å²) in [5.74, 6) is -3.84. The lowest BCUT2D eigenvalue weighted by Crippen LogP contribution is -2.19. The number of carboxylic acid groups (broad SMARTS) is 1. The van der Waals surface area contributed by atoms with Crippen molar-refractivity contribution in [1.82, 2.24) is 0 Å². The van der Waals surface area contributed by atoms with Crippen LogP contribution in [0.15, 0.2) is 12.1 Å². The first-order valence-electron chi connectivity index (χ1n) is 5.59. The van der Waals surface area contributed by atoms with E-state index in [0.29, 0.717) is 12.5 Å². The second-order valence-electron chi connectivity index (χ2n) is 4.03. The third-order valence-electron chi connectivity index (χ3n) is 2.63. The highest BCUT2D eigenvalue weighted by atomic mass is 19.4. The molecule has 5 nitrogen and oxygen atoms in total. The van der Waals surface area contributed by atoms with Crippen molar-refractivity contribution >= 4 is 11.8 Å². The zero-order valence-corrected chi connectivity index (χ0v) is 9.99. The number of carbonyl (C=O) groups is 2. The van der Waals surface area contributed by atoms with Crippen LogP contribution in [0.2, 0.25) is 0 Å². The van der Waals surface area contributed by atoms with Gasteiger partial charge in [-0.1, -0.05) is 0 Å². The molecule has 1 aliphatic rings. The summed E-state index contributed by atoms with van der Waals surface area (Å²) in [6, 6.07) is 1.36. The van der Waals surface area contributed by atoms with E-state index in [9.17, 15) is 22.8 Å². The first-order chi connectivity index (χ1) is 9.30. The fourth-order valence-corrected chi connectivity index (χ4v) is 1.75. The van der Waals surface area contributed by atoms with Crippen LogP contribution < -0.4 is 9.47 Å². The van der Waals surface area contributed by atoms with Crippen LogP contribution in [0.5, 0.6) is 11.5 Å². The fraction of sp³-hybridized carbons (Fsp3) is 0.333. The maximum atomic E-state index is 12.9. The molecule has 0 saturated carbocycles. The average Bonchev–Trinajstić information content (AvgIpc) is 2.59. The Morgan fingerprint density at radius 1 is 1.10 bits per heavy atom. The number of alkyl halides is 3. The standard InChI is InChI=1S/C12H9F3O5/c13-12(14,15)7-5-9-8(19-2-1-3-20-9)4-6(7)10(16)11(17)18/h4-5H,1-3H2,(H,17,18). The third-order valence-corrected chi connectivity index (χ3v) is 2.63. The molecule has 0 aliphatic carbocycles. The third kappa shape index (κ3) is 2.68. The Hall–Kier alpha value is -2.25. The van der Waals surface area contributed by atoms with Crippen LogP contribution in [0.1, 0.15) is 22.3 Å². The van der Waals surface area contributed by atoms with Gasteiger partial charge in [0.2, 0.25) is 0 Å². The van der Waals surface area contributed by atoms with Gasteiger partial charge in [0.05, 0.1) is 18.8 Å². The van der Waals surface area contributed by atoms with E-state index in [-0.39, 0.29) is 24.7 Å². The van der Waals surface area contributed by atoms with Crippen LogP contribution >= 0.6 is 0 Å². The summed E-state index contributed by atoms with van der Waals surface area (Å²) in [5, 5.41) is 8.60. The number of fused-ring (bicyclic) bond motifs is 1. The smallest absolute Gasteiger partial charge is 0.417 e. The molecular weight excluding hydrogens is 281 g/mol. The molecule has 108 valence electrons. The molecule has 0 radical (unpaired) electrons. The largest absolute Gasteiger partial charge is 0.490 e. The van der Waals surface area contributed by atoms with Crippen LogP contribution in [-0.4, -0.2) is 30.1 Å². The lowest BCUT2D eigenvalue weighted by atomic mass is 10.0. The Bertz CT molecular complexity index is 565. The molecule has 2 rings (SSSR count). The van der Waals surface area contributed by atoms with Crippen molar-refractivity contribution in [3.8, 4) is 11.5 Å². The number of ether oxygens (including phenoxy) is 2. The van der Waals surface area contributed by atoms with Gasteiger partial charge in [-0.25, -0.2) is 4.79 Å². The number of Topliss-reactive ketones (excluding diaryl/α,β-unsaturated/α-hetero) is 1. The highest BCUT2D eigenvalue weighted by Crippen LogP contribution is 2.40. The quantitative estimate of drug-likeness (QED) is 0.667. The maximum absolute atomic E-state index is 12.9. The molecule has 0 bridgehead atoms. The van der Waals surface area contributed by atoms with Gasteiger partial charge in [0.1, 0.15) is 0 Å². The zero-order chi connectivity index (χ0) is 14.9. The van der Waals surface area contributed by atoms with Crippen molar-refractivity contribution in [3.05, 3.63) is 23.3 Å². The van der Waals surface area contributed by atoms with E-state index in [0.717, 1.165) is 6.07 Å². The minimum absolute atomic E-state index is 0.0694. The second kappa shape index (κ2) is 5.03. The monoisotopic (exact) mass is 290 g/mol. The lowest BCUT2D eigenvalue weighted by molar-refractivity contribution is -0.138. The van der Waals surface area contributed by atoms with Crippen LogP contribution in [0.3, 0.4) is 0 Å². The average molecular weight is 290 g/mol. The van der Waals surface area contributed by atoms with E-state index in [1.54, 1.807) is 0 Å². The topological polar surface area (TPSA) is 72.8 Å². The Morgan fingerprint density at radius 3 is 2.15 bits per heavy atom. The molecule has 0 unspecified atom stereocenters. The van der Waals surface area contributed by atoms with E-state index in [1.165, 1.54) is 0 Å². The maximum Gasteiger partial charge on any atom is 0.417 e. The number of ketones is 1. The van der Waals surface area contributed by atoms with Crippen molar-refractivity contribution < 1.29 is 37.3 Å². The molecule has 1 N–H and O–H groups in total. The van der Waals surface area contributed by atoms with E-state index in [4.69, 9.17) is 14.6 Å². The minimum Gasteiger partial charge on any atom is -0.490 e. The number of halogens is 3. The fourth-order valence-electron chi connectivity index (χ4n) is 1.75. The number of carbonyl (C=O) groups excluding carboxylic acids is 1. The zero-order valence-electron chi connectivity index (χ0n) is 9.99. The second-order valence-corrected chi connectivity index (χ2v) is 4.03. The van der Waals surface area contributed by atoms with Gasteiger partial charge in [0, 0.05) is 12.0 Å². The number of benzene rings is 1. The van der Waals surface area contributed by atoms with Gasteiger partial charge in [-0.2, -0.15) is 13.2 Å². The summed E-state index contributed by atoms with van der Waals surface area (Å²) >= 11 is 0. The SMILES string of the molecule is O=C(O)C(=O)c1cc2c(cc1C(F)(F)F)OCCCO2. The summed E-state index contributed by atoms with van der Waals surface area (Å²) in [7, 11) is 0. The molecular formula is C12H9F3O5. The number of carboxylic acids is 1. The molecule has 0 spiro atoms. The van der Waals surface area contributed by atoms with Gasteiger partial charge in [-0.05, 0) is 12.1 Å². The molecule has 20 heavy (non-hydrogen) atoms. The predicted octanol–water partition coefficient (Wildman–Crippen LogP) is 2.13. The summed E-state index contributed by atoms with van der Waals surface area (Å²) < 4.78 is 49.0. The van der Waals surface area contributed by atoms with Crippen LogP contribution in [0.25, 0.3) is 0 Å². The van der Waals surface area contributed by atoms with Gasteiger partial charge in [-0.3, -0.25) is 4.79 Å². The highest BCUT2D eigenvalue weighted by Gasteiger charge is 2.38. The van der Waals surface area contributed by atoms with Crippen molar-refractivity contribution in [1.29, 1.82) is 0 Å². The molecule has 1 aliphatic heterocycles. The van der Waals surface area contributed by atoms with Crippen molar-refractivity contribution in [2.75, 3.05) is 13.2 Å². The predicted molar refractivity (Wildman–Crippen MR) is 59.0 cm³/mol. The van der Waals surface area contributed by atoms with Gasteiger partial charge >= 0.3 is 12.1 Å². The Labute approximate surface area is 110 Å². The molecule has 0 saturated heterocycles. The van der Waals surface area contributed by atoms with Gasteiger partial charge in [0.15, 0.2) is 11.5 Å². The van der Waals surface area contributed by atoms with E-state index in [2.05, 4.69) is 0 Å². The van der Waals surface area contributed by atoms with Crippen molar-refractivity contribution in [3.63, 3.8) is 0 Å². The van der Waals surface area contributed by atoms with Crippen LogP contribution in [0, 0.1) is 0 Å². The van der Waals surface area contributed by atoms with Crippen LogP contribution in [-0.2, 0) is 11.0 Å². The Kier molecular flexibility index (Phi) is 3.56. The van der Waals surface area contributed by atoms with E-state index >= 15 is 0 Å². The first-order valence-corrected chi connectivity index (χ1v) is 5.59. The highest BCUT2D eigenvalue weighted by molar-refractivity contribution is 6.40. The van der Waals surface area contributed by atoms with E-state index in [1.807, 2.05) is 0 Å². The Balaban J connectivity index is 2.61. The first kappa shape index (κ1) is 14.2. The molecule has 1 heterocycles. The van der Waals surface area contributed by atoms with Gasteiger partial charge in [0.25, 0.3) is 5.78 Å². The molecule has 0 amide bonds. The molecule has 0 fully saturated rings. The summed E-state index contributed by atoms with van der Waals surface area (Å²) in [6.07, 6.45) is -4.40. The Morgan fingerprint density at radius 2 is 1.65 bits per heavy atom. The normalized spacial score (nSPS) is 14.6. The molecule has 1 aromatic carbocycles. The van der Waals surface area contributed by atoms with Gasteiger partial charge in [-0.15, -0.1) is 0 Å². The number of aliphatic carboxylic acids is 1. The minimum atomic E-state index is -4.87. The van der Waals surface area contributed by atoms with Crippen LogP contribution in [0.4, 0.5) is 13.2 Å². The van der Waals surface area contributed by atoms with Crippen molar-refractivity contribution in [2.24, 2.45) is 0 Å².